The van der Waals surface area contributed by atoms with Crippen LogP contribution in [0.3, 0.4) is 0 Å². The predicted octanol–water partition coefficient (Wildman–Crippen LogP) is 3.14. The van der Waals surface area contributed by atoms with E-state index in [0.29, 0.717) is 11.5 Å². The van der Waals surface area contributed by atoms with E-state index in [1.165, 1.54) is 17.2 Å². The van der Waals surface area contributed by atoms with Gasteiger partial charge in [0, 0.05) is 29.6 Å². The van der Waals surface area contributed by atoms with Crippen LogP contribution in [0.4, 0.5) is 0 Å². The Morgan fingerprint density at radius 1 is 0.933 bits per heavy atom. The molecule has 0 unspecified atom stereocenters. The first-order chi connectivity index (χ1) is 14.5. The lowest BCUT2D eigenvalue weighted by molar-refractivity contribution is 0.828. The molecule has 152 valence electrons. The van der Waals surface area contributed by atoms with E-state index < -0.39 is 11.2 Å². The van der Waals surface area contributed by atoms with E-state index in [1.54, 1.807) is 11.8 Å². The first-order valence-electron chi connectivity index (χ1n) is 9.50. The number of H-pyrrole nitrogens is 2. The summed E-state index contributed by atoms with van der Waals surface area (Å²) >= 11 is 1.59. The van der Waals surface area contributed by atoms with Crippen LogP contribution in [0.15, 0.2) is 69.3 Å². The largest absolute Gasteiger partial charge is 0.325 e. The number of hydrogen-bond donors (Lipinski definition) is 2. The molecule has 0 saturated heterocycles. The van der Waals surface area contributed by atoms with Crippen molar-refractivity contribution in [1.82, 2.24) is 24.7 Å². The van der Waals surface area contributed by atoms with Crippen LogP contribution >= 0.6 is 11.8 Å². The predicted molar refractivity (Wildman–Crippen MR) is 117 cm³/mol. The highest BCUT2D eigenvalue weighted by atomic mass is 32.2. The Labute approximate surface area is 177 Å². The lowest BCUT2D eigenvalue weighted by Gasteiger charge is -2.11. The number of rotatable bonds is 6. The minimum Gasteiger partial charge on any atom is -0.311 e. The smallest absolute Gasteiger partial charge is 0.311 e. The number of nitrogens with one attached hydrogen (secondary N) is 2. The van der Waals surface area contributed by atoms with Crippen LogP contribution in [0, 0.1) is 13.8 Å². The first-order valence-corrected chi connectivity index (χ1v) is 10.5. The maximum atomic E-state index is 11.7. The normalized spacial score (nSPS) is 11.0. The molecule has 0 atom stereocenters. The van der Waals surface area contributed by atoms with Gasteiger partial charge in [0.1, 0.15) is 5.82 Å². The Hall–Kier alpha value is -3.39. The number of benzene rings is 2. The van der Waals surface area contributed by atoms with E-state index in [2.05, 4.69) is 57.4 Å². The van der Waals surface area contributed by atoms with E-state index in [4.69, 9.17) is 0 Å². The Kier molecular flexibility index (Phi) is 5.67. The summed E-state index contributed by atoms with van der Waals surface area (Å²) in [4.78, 5) is 28.1. The van der Waals surface area contributed by atoms with E-state index >= 15 is 0 Å². The molecule has 7 nitrogen and oxygen atoms in total. The van der Waals surface area contributed by atoms with Crippen molar-refractivity contribution in [2.75, 3.05) is 0 Å². The highest BCUT2D eigenvalue weighted by Gasteiger charge is 2.16. The number of aromatic amines is 2. The molecule has 0 bridgehead atoms. The third kappa shape index (κ3) is 4.60. The highest BCUT2D eigenvalue weighted by Crippen LogP contribution is 2.26. The maximum absolute atomic E-state index is 11.7. The van der Waals surface area contributed by atoms with Crippen molar-refractivity contribution in [3.8, 4) is 5.69 Å². The van der Waals surface area contributed by atoms with Gasteiger partial charge in [-0.1, -0.05) is 53.7 Å². The molecular formula is C22H21N5O2S. The molecule has 8 heteroatoms. The summed E-state index contributed by atoms with van der Waals surface area (Å²) in [5, 5.41) is 9.51. The van der Waals surface area contributed by atoms with Gasteiger partial charge in [0.15, 0.2) is 5.16 Å². The van der Waals surface area contributed by atoms with E-state index in [0.717, 1.165) is 22.2 Å². The molecule has 2 heterocycles. The van der Waals surface area contributed by atoms with Crippen LogP contribution < -0.4 is 11.2 Å². The summed E-state index contributed by atoms with van der Waals surface area (Å²) in [5.41, 5.74) is 3.99. The molecule has 0 spiro atoms. The van der Waals surface area contributed by atoms with Gasteiger partial charge in [-0.05, 0) is 37.1 Å². The van der Waals surface area contributed by atoms with Gasteiger partial charge in [-0.15, -0.1) is 10.2 Å². The summed E-state index contributed by atoms with van der Waals surface area (Å²) in [6.07, 6.45) is 0.283. The van der Waals surface area contributed by atoms with Crippen LogP contribution in [0.2, 0.25) is 0 Å². The summed E-state index contributed by atoms with van der Waals surface area (Å²) in [6.45, 7) is 4.09. The van der Waals surface area contributed by atoms with Gasteiger partial charge < -0.3 is 4.98 Å². The zero-order chi connectivity index (χ0) is 21.1. The van der Waals surface area contributed by atoms with Gasteiger partial charge >= 0.3 is 5.69 Å². The van der Waals surface area contributed by atoms with Crippen LogP contribution in [-0.4, -0.2) is 24.7 Å². The van der Waals surface area contributed by atoms with Gasteiger partial charge in [0.2, 0.25) is 0 Å². The van der Waals surface area contributed by atoms with Crippen molar-refractivity contribution >= 4 is 11.8 Å². The van der Waals surface area contributed by atoms with Gasteiger partial charge in [-0.2, -0.15) is 0 Å². The van der Waals surface area contributed by atoms with Gasteiger partial charge in [0.05, 0.1) is 0 Å². The molecule has 0 aliphatic carbocycles. The molecule has 0 aliphatic rings. The third-order valence-corrected chi connectivity index (χ3v) is 5.61. The molecule has 2 aromatic carbocycles. The van der Waals surface area contributed by atoms with Crippen molar-refractivity contribution in [2.45, 2.75) is 31.2 Å². The van der Waals surface area contributed by atoms with E-state index in [1.807, 2.05) is 29.7 Å². The fourth-order valence-corrected chi connectivity index (χ4v) is 4.08. The van der Waals surface area contributed by atoms with Gasteiger partial charge in [-0.3, -0.25) is 14.3 Å². The monoisotopic (exact) mass is 419 g/mol. The average Bonchev–Trinajstić information content (AvgIpc) is 3.09. The minimum atomic E-state index is -0.534. The van der Waals surface area contributed by atoms with Crippen molar-refractivity contribution in [3.63, 3.8) is 0 Å². The third-order valence-electron chi connectivity index (χ3n) is 4.61. The Morgan fingerprint density at radius 3 is 2.47 bits per heavy atom. The second kappa shape index (κ2) is 8.54. The molecule has 4 aromatic rings. The quantitative estimate of drug-likeness (QED) is 0.468. The summed E-state index contributed by atoms with van der Waals surface area (Å²) in [5.74, 6) is 1.40. The van der Waals surface area contributed by atoms with Crippen LogP contribution in [0.5, 0.6) is 0 Å². The SMILES string of the molecule is Cc1ccc(CSc2nnc(Cc3cc(=O)[nH]c(=O)[nH]3)n2-c2cccc(C)c2)cc1. The molecule has 0 radical (unpaired) electrons. The molecule has 4 rings (SSSR count). The van der Waals surface area contributed by atoms with Crippen LogP contribution in [0.1, 0.15) is 28.2 Å². The van der Waals surface area contributed by atoms with Crippen molar-refractivity contribution in [2.24, 2.45) is 0 Å². The zero-order valence-corrected chi connectivity index (χ0v) is 17.5. The number of nitrogens with zero attached hydrogens (tertiary/aromatic N) is 3. The molecule has 0 amide bonds. The average molecular weight is 420 g/mol. The molecule has 0 saturated carbocycles. The second-order valence-electron chi connectivity index (χ2n) is 7.14. The van der Waals surface area contributed by atoms with Crippen LogP contribution in [0.25, 0.3) is 5.69 Å². The van der Waals surface area contributed by atoms with Crippen molar-refractivity contribution in [1.29, 1.82) is 0 Å². The lowest BCUT2D eigenvalue weighted by Crippen LogP contribution is -2.23. The Bertz CT molecular complexity index is 1260. The molecule has 30 heavy (non-hydrogen) atoms. The zero-order valence-electron chi connectivity index (χ0n) is 16.7. The number of aromatic nitrogens is 5. The van der Waals surface area contributed by atoms with Gasteiger partial charge in [-0.25, -0.2) is 4.79 Å². The fraction of sp³-hybridized carbons (Fsp3) is 0.182. The van der Waals surface area contributed by atoms with Crippen molar-refractivity contribution < 1.29 is 0 Å². The molecule has 2 N–H and O–H groups in total. The summed E-state index contributed by atoms with van der Waals surface area (Å²) in [7, 11) is 0. The molecule has 0 fully saturated rings. The Morgan fingerprint density at radius 2 is 1.73 bits per heavy atom. The van der Waals surface area contributed by atoms with E-state index in [-0.39, 0.29) is 6.42 Å². The van der Waals surface area contributed by atoms with Crippen LogP contribution in [-0.2, 0) is 12.2 Å². The van der Waals surface area contributed by atoms with E-state index in [9.17, 15) is 9.59 Å². The topological polar surface area (TPSA) is 96.4 Å². The highest BCUT2D eigenvalue weighted by molar-refractivity contribution is 7.98. The Balaban J connectivity index is 1.70. The maximum Gasteiger partial charge on any atom is 0.325 e. The summed E-state index contributed by atoms with van der Waals surface area (Å²) in [6, 6.07) is 17.8. The standard InChI is InChI=1S/C22H21N5O2S/c1-14-6-8-16(9-7-14)13-30-22-26-25-19(11-17-12-20(28)24-21(29)23-17)27(22)18-5-3-4-15(2)10-18/h3-10,12H,11,13H2,1-2H3,(H2,23,24,28,29). The lowest BCUT2D eigenvalue weighted by atomic mass is 10.2. The molecule has 2 aromatic heterocycles. The fourth-order valence-electron chi connectivity index (χ4n) is 3.15. The summed E-state index contributed by atoms with van der Waals surface area (Å²) < 4.78 is 1.98. The minimum absolute atomic E-state index is 0.283. The van der Waals surface area contributed by atoms with Crippen molar-refractivity contribution in [3.05, 3.63) is 104 Å². The number of aryl methyl sites for hydroxylation is 2. The second-order valence-corrected chi connectivity index (χ2v) is 8.08. The van der Waals surface area contributed by atoms with Gasteiger partial charge in [0.25, 0.3) is 5.56 Å². The number of thioether (sulfide) groups is 1. The first kappa shape index (κ1) is 19.9. The molecule has 0 aliphatic heterocycles. The molecular weight excluding hydrogens is 398 g/mol. The number of hydrogen-bond acceptors (Lipinski definition) is 5.